The van der Waals surface area contributed by atoms with Crippen molar-refractivity contribution in [3.8, 4) is 22.5 Å². The number of amides is 2. The predicted molar refractivity (Wildman–Crippen MR) is 229 cm³/mol. The maximum absolute atomic E-state index is 13.2. The molecule has 2 heterocycles. The Morgan fingerprint density at radius 3 is 1.65 bits per heavy atom. The van der Waals surface area contributed by atoms with Gasteiger partial charge in [0, 0.05) is 51.6 Å². The van der Waals surface area contributed by atoms with Crippen molar-refractivity contribution in [3.63, 3.8) is 0 Å². The second-order valence-corrected chi connectivity index (χ2v) is 15.3. The zero-order chi connectivity index (χ0) is 41.1. The number of hydrogen-bond acceptors (Lipinski definition) is 8. The van der Waals surface area contributed by atoms with E-state index in [1.54, 1.807) is 32.3 Å². The van der Waals surface area contributed by atoms with Crippen molar-refractivity contribution in [3.05, 3.63) is 147 Å². The molecule has 14 heteroatoms. The molecule has 6 rings (SSSR count). The molecule has 4 aromatic carbocycles. The second kappa shape index (κ2) is 20.0. The number of thiazole rings is 2. The van der Waals surface area contributed by atoms with Crippen molar-refractivity contribution in [2.45, 2.75) is 25.7 Å². The van der Waals surface area contributed by atoms with Crippen LogP contribution in [0.4, 0.5) is 10.3 Å². The zero-order valence-corrected chi connectivity index (χ0v) is 34.2. The number of nitrogens with zero attached hydrogens (tertiary/aromatic N) is 4. The van der Waals surface area contributed by atoms with E-state index < -0.39 is 23.8 Å². The number of rotatable bonds is 13. The van der Waals surface area contributed by atoms with Gasteiger partial charge in [0.2, 0.25) is 5.91 Å². The minimum atomic E-state index is -1.07. The van der Waals surface area contributed by atoms with E-state index in [9.17, 15) is 29.4 Å². The van der Waals surface area contributed by atoms with Crippen LogP contribution in [0.1, 0.15) is 36.8 Å². The van der Waals surface area contributed by atoms with E-state index in [2.05, 4.69) is 9.97 Å². The van der Waals surface area contributed by atoms with Gasteiger partial charge in [0.05, 0.1) is 30.1 Å². The highest BCUT2D eigenvalue weighted by molar-refractivity contribution is 7.14. The van der Waals surface area contributed by atoms with Gasteiger partial charge in [-0.1, -0.05) is 127 Å². The standard InChI is InChI=1S/C22H21ClN2O3S.C21H17ClN2O3S/c1-14(15-8-4-3-5-9-15)17(12-20(26)27)21(28)25(2)22-24-19(13-29-22)16-10-6-7-11-18(16)23;1-24(21-23-18(13-28-21)16-9-5-6-10-17(16)22)20(27)15(12-19(25)26)11-14-7-3-2-4-8-14/h3-11,13-14,17H,12H2,1-2H3,(H,26,27);2-11,13H,12H2,1H3,(H,25,26)/b;15-11+/t14?,17-;/m0./s1. The third-order valence-electron chi connectivity index (χ3n) is 8.89. The zero-order valence-electron chi connectivity index (χ0n) is 31.1. The van der Waals surface area contributed by atoms with Gasteiger partial charge in [-0.25, -0.2) is 9.97 Å². The molecule has 1 unspecified atom stereocenters. The van der Waals surface area contributed by atoms with Crippen molar-refractivity contribution >= 4 is 86.0 Å². The maximum atomic E-state index is 13.2. The summed E-state index contributed by atoms with van der Waals surface area (Å²) in [5.74, 6) is -3.71. The summed E-state index contributed by atoms with van der Waals surface area (Å²) in [4.78, 5) is 60.7. The molecule has 0 fully saturated rings. The summed E-state index contributed by atoms with van der Waals surface area (Å²) in [5.41, 5.74) is 4.78. The van der Waals surface area contributed by atoms with E-state index in [0.29, 0.717) is 31.7 Å². The molecule has 2 N–H and O–H groups in total. The van der Waals surface area contributed by atoms with Crippen LogP contribution in [0.2, 0.25) is 10.0 Å². The minimum absolute atomic E-state index is 0.177. The van der Waals surface area contributed by atoms with Gasteiger partial charge in [-0.2, -0.15) is 0 Å². The van der Waals surface area contributed by atoms with Gasteiger partial charge in [-0.15, -0.1) is 22.7 Å². The van der Waals surface area contributed by atoms with Gasteiger partial charge in [-0.3, -0.25) is 29.0 Å². The Labute approximate surface area is 348 Å². The van der Waals surface area contributed by atoms with Gasteiger partial charge in [0.25, 0.3) is 5.91 Å². The minimum Gasteiger partial charge on any atom is -0.481 e. The SMILES string of the molecule is CC(c1ccccc1)[C@H](CC(=O)O)C(=O)N(C)c1nc(-c2ccccc2Cl)cs1.CN(C(=O)/C(=C/c1ccccc1)CC(=O)O)c1nc(-c2ccccc2Cl)cs1. The van der Waals surface area contributed by atoms with Gasteiger partial charge in [0.1, 0.15) is 0 Å². The Morgan fingerprint density at radius 2 is 1.16 bits per heavy atom. The normalized spacial score (nSPS) is 12.1. The van der Waals surface area contributed by atoms with Crippen LogP contribution >= 0.6 is 45.9 Å². The van der Waals surface area contributed by atoms with Crippen LogP contribution in [-0.2, 0) is 19.2 Å². The van der Waals surface area contributed by atoms with Gasteiger partial charge in [-0.05, 0) is 35.3 Å². The number of aromatic nitrogens is 2. The smallest absolute Gasteiger partial charge is 0.308 e. The lowest BCUT2D eigenvalue weighted by atomic mass is 9.84. The number of carbonyl (C=O) groups excluding carboxylic acids is 2. The summed E-state index contributed by atoms with van der Waals surface area (Å²) in [5, 5.41) is 24.4. The lowest BCUT2D eigenvalue weighted by Gasteiger charge is -2.26. The fourth-order valence-corrected chi connectivity index (χ4v) is 7.87. The number of anilines is 2. The van der Waals surface area contributed by atoms with Gasteiger partial charge < -0.3 is 10.2 Å². The molecule has 0 saturated carbocycles. The van der Waals surface area contributed by atoms with Gasteiger partial charge >= 0.3 is 11.9 Å². The Hall–Kier alpha value is -5.66. The molecule has 10 nitrogen and oxygen atoms in total. The van der Waals surface area contributed by atoms with E-state index in [4.69, 9.17) is 23.2 Å². The molecular weight excluding hydrogens is 804 g/mol. The average molecular weight is 842 g/mol. The molecule has 0 bridgehead atoms. The molecule has 2 atom stereocenters. The van der Waals surface area contributed by atoms with Crippen molar-refractivity contribution in [1.29, 1.82) is 0 Å². The Kier molecular flexibility index (Phi) is 14.9. The number of carboxylic acids is 2. The van der Waals surface area contributed by atoms with Crippen molar-refractivity contribution in [1.82, 2.24) is 9.97 Å². The Balaban J connectivity index is 0.000000218. The lowest BCUT2D eigenvalue weighted by molar-refractivity contribution is -0.141. The highest BCUT2D eigenvalue weighted by Crippen LogP contribution is 2.35. The molecule has 0 saturated heterocycles. The fraction of sp³-hybridized carbons (Fsp3) is 0.163. The number of hydrogen-bond donors (Lipinski definition) is 2. The molecule has 0 radical (unpaired) electrons. The second-order valence-electron chi connectivity index (χ2n) is 12.8. The number of carboxylic acid groups (broad SMARTS) is 2. The summed E-state index contributed by atoms with van der Waals surface area (Å²) in [6, 6.07) is 33.3. The number of benzene rings is 4. The van der Waals surface area contributed by atoms with Crippen LogP contribution < -0.4 is 9.80 Å². The van der Waals surface area contributed by atoms with Crippen LogP contribution in [0.3, 0.4) is 0 Å². The molecule has 57 heavy (non-hydrogen) atoms. The summed E-state index contributed by atoms with van der Waals surface area (Å²) in [6.07, 6.45) is 0.971. The van der Waals surface area contributed by atoms with E-state index in [1.807, 2.05) is 115 Å². The molecule has 2 amide bonds. The third kappa shape index (κ3) is 11.2. The van der Waals surface area contributed by atoms with E-state index in [0.717, 1.165) is 22.3 Å². The largest absolute Gasteiger partial charge is 0.481 e. The first-order chi connectivity index (χ1) is 27.3. The van der Waals surface area contributed by atoms with Crippen LogP contribution in [-0.4, -0.2) is 58.0 Å². The predicted octanol–water partition coefficient (Wildman–Crippen LogP) is 10.3. The van der Waals surface area contributed by atoms with E-state index in [1.165, 1.54) is 32.5 Å². The molecule has 292 valence electrons. The molecular formula is C43H38Cl2N4O6S2. The fourth-order valence-electron chi connectivity index (χ4n) is 5.82. The number of likely N-dealkylation sites (N-methyl/N-ethyl adjacent to an activating group) is 1. The van der Waals surface area contributed by atoms with Crippen molar-refractivity contribution in [2.75, 3.05) is 23.9 Å². The molecule has 0 aliphatic rings. The summed E-state index contributed by atoms with van der Waals surface area (Å²) in [6.45, 7) is 1.88. The molecule has 2 aromatic heterocycles. The van der Waals surface area contributed by atoms with Crippen LogP contribution in [0.5, 0.6) is 0 Å². The molecule has 0 spiro atoms. The highest BCUT2D eigenvalue weighted by Gasteiger charge is 2.32. The number of aliphatic carboxylic acids is 2. The quantitative estimate of drug-likeness (QED) is 0.110. The van der Waals surface area contributed by atoms with E-state index >= 15 is 0 Å². The monoisotopic (exact) mass is 840 g/mol. The van der Waals surface area contributed by atoms with Crippen LogP contribution in [0, 0.1) is 5.92 Å². The van der Waals surface area contributed by atoms with Crippen molar-refractivity contribution in [2.24, 2.45) is 5.92 Å². The average Bonchev–Trinajstić information content (AvgIpc) is 3.91. The first-order valence-electron chi connectivity index (χ1n) is 17.5. The van der Waals surface area contributed by atoms with Gasteiger partial charge in [0.15, 0.2) is 10.3 Å². The number of halogens is 2. The molecule has 0 aliphatic heterocycles. The Morgan fingerprint density at radius 1 is 0.684 bits per heavy atom. The Bertz CT molecular complexity index is 2370. The van der Waals surface area contributed by atoms with Crippen molar-refractivity contribution < 1.29 is 29.4 Å². The van der Waals surface area contributed by atoms with Crippen LogP contribution in [0.15, 0.2) is 126 Å². The summed E-state index contributed by atoms with van der Waals surface area (Å²) in [7, 11) is 3.21. The lowest BCUT2D eigenvalue weighted by Crippen LogP contribution is -2.36. The van der Waals surface area contributed by atoms with Crippen LogP contribution in [0.25, 0.3) is 28.6 Å². The maximum Gasteiger partial charge on any atom is 0.308 e. The topological polar surface area (TPSA) is 141 Å². The van der Waals surface area contributed by atoms with E-state index in [-0.39, 0.29) is 30.2 Å². The molecule has 6 aromatic rings. The highest BCUT2D eigenvalue weighted by atomic mass is 35.5. The summed E-state index contributed by atoms with van der Waals surface area (Å²) >= 11 is 15.1. The number of carbonyl (C=O) groups is 4. The third-order valence-corrected chi connectivity index (χ3v) is 11.4. The molecule has 0 aliphatic carbocycles. The summed E-state index contributed by atoms with van der Waals surface area (Å²) < 4.78 is 0. The first kappa shape index (κ1) is 42.5. The first-order valence-corrected chi connectivity index (χ1v) is 20.1.